The SMILES string of the molecule is C[Si](C)(C)C#Cc1cc(C=O)cc(C(=O)O)c1. The van der Waals surface area contributed by atoms with E-state index in [-0.39, 0.29) is 5.56 Å². The summed E-state index contributed by atoms with van der Waals surface area (Å²) >= 11 is 0. The van der Waals surface area contributed by atoms with Crippen LogP contribution in [0.2, 0.25) is 19.6 Å². The first-order valence-electron chi connectivity index (χ1n) is 5.18. The molecule has 0 aliphatic rings. The summed E-state index contributed by atoms with van der Waals surface area (Å²) in [5, 5.41) is 8.90. The number of carbonyl (C=O) groups is 2. The first-order valence-corrected chi connectivity index (χ1v) is 8.68. The Balaban J connectivity index is 3.24. The molecule has 1 rings (SSSR count). The molecule has 0 heterocycles. The highest BCUT2D eigenvalue weighted by Gasteiger charge is 2.09. The van der Waals surface area contributed by atoms with Gasteiger partial charge in [0, 0.05) is 11.1 Å². The highest BCUT2D eigenvalue weighted by molar-refractivity contribution is 6.83. The quantitative estimate of drug-likeness (QED) is 0.495. The summed E-state index contributed by atoms with van der Waals surface area (Å²) in [5.74, 6) is 1.89. The van der Waals surface area contributed by atoms with Gasteiger partial charge in [-0.3, -0.25) is 4.79 Å². The van der Waals surface area contributed by atoms with E-state index < -0.39 is 14.0 Å². The number of carboxylic acid groups (broad SMARTS) is 1. The molecule has 0 atom stereocenters. The van der Waals surface area contributed by atoms with E-state index in [1.807, 2.05) is 0 Å². The molecule has 0 bridgehead atoms. The molecule has 0 aromatic heterocycles. The lowest BCUT2D eigenvalue weighted by Crippen LogP contribution is -2.16. The second-order valence-corrected chi connectivity index (χ2v) is 9.52. The van der Waals surface area contributed by atoms with E-state index in [1.54, 1.807) is 6.07 Å². The topological polar surface area (TPSA) is 54.4 Å². The van der Waals surface area contributed by atoms with E-state index in [0.717, 1.165) is 0 Å². The molecule has 1 N–H and O–H groups in total. The van der Waals surface area contributed by atoms with Gasteiger partial charge in [0.15, 0.2) is 0 Å². The first-order chi connectivity index (χ1) is 7.81. The Kier molecular flexibility index (Phi) is 3.87. The monoisotopic (exact) mass is 246 g/mol. The van der Waals surface area contributed by atoms with Crippen LogP contribution >= 0.6 is 0 Å². The lowest BCUT2D eigenvalue weighted by Gasteiger charge is -2.04. The fourth-order valence-corrected chi connectivity index (χ4v) is 1.69. The number of aldehydes is 1. The van der Waals surface area contributed by atoms with Gasteiger partial charge in [-0.15, -0.1) is 5.54 Å². The summed E-state index contributed by atoms with van der Waals surface area (Å²) in [6.07, 6.45) is 0.631. The Hall–Kier alpha value is -1.86. The third kappa shape index (κ3) is 4.25. The largest absolute Gasteiger partial charge is 0.478 e. The van der Waals surface area contributed by atoms with E-state index in [4.69, 9.17) is 5.11 Å². The van der Waals surface area contributed by atoms with Crippen LogP contribution in [0.3, 0.4) is 0 Å². The second-order valence-electron chi connectivity index (χ2n) is 4.77. The minimum absolute atomic E-state index is 0.0921. The van der Waals surface area contributed by atoms with E-state index in [2.05, 4.69) is 31.1 Å². The lowest BCUT2D eigenvalue weighted by atomic mass is 10.1. The lowest BCUT2D eigenvalue weighted by molar-refractivity contribution is 0.0697. The van der Waals surface area contributed by atoms with Gasteiger partial charge in [-0.25, -0.2) is 4.79 Å². The average molecular weight is 246 g/mol. The van der Waals surface area contributed by atoms with Crippen LogP contribution in [-0.2, 0) is 0 Å². The molecule has 17 heavy (non-hydrogen) atoms. The third-order valence-corrected chi connectivity index (χ3v) is 2.80. The molecule has 0 aliphatic carbocycles. The first kappa shape index (κ1) is 13.2. The van der Waals surface area contributed by atoms with Crippen LogP contribution in [0.25, 0.3) is 0 Å². The number of aromatic carboxylic acids is 1. The molecule has 1 aromatic rings. The van der Waals surface area contributed by atoms with E-state index in [1.165, 1.54) is 12.1 Å². The molecule has 0 amide bonds. The maximum absolute atomic E-state index is 10.9. The second kappa shape index (κ2) is 4.98. The molecule has 0 spiro atoms. The standard InChI is InChI=1S/C13H14O3Si/c1-17(2,3)5-4-10-6-11(9-14)8-12(7-10)13(15)16/h6-9H,1-3H3,(H,15,16). The van der Waals surface area contributed by atoms with E-state index in [9.17, 15) is 9.59 Å². The number of rotatable bonds is 2. The molecule has 0 aliphatic heterocycles. The van der Waals surface area contributed by atoms with Crippen LogP contribution in [0.5, 0.6) is 0 Å². The van der Waals surface area contributed by atoms with E-state index >= 15 is 0 Å². The molecular weight excluding hydrogens is 232 g/mol. The van der Waals surface area contributed by atoms with Crippen molar-refractivity contribution in [3.63, 3.8) is 0 Å². The molecule has 0 saturated heterocycles. The average Bonchev–Trinajstić information content (AvgIpc) is 2.25. The molecule has 3 nitrogen and oxygen atoms in total. The van der Waals surface area contributed by atoms with Crippen molar-refractivity contribution in [1.29, 1.82) is 0 Å². The predicted octanol–water partition coefficient (Wildman–Crippen LogP) is 2.43. The highest BCUT2D eigenvalue weighted by Crippen LogP contribution is 2.09. The molecule has 4 heteroatoms. The molecule has 1 aromatic carbocycles. The van der Waals surface area contributed by atoms with Gasteiger partial charge in [0.05, 0.1) is 5.56 Å². The Labute approximate surface area is 101 Å². The third-order valence-electron chi connectivity index (χ3n) is 1.92. The summed E-state index contributed by atoms with van der Waals surface area (Å²) in [5.41, 5.74) is 4.14. The highest BCUT2D eigenvalue weighted by atomic mass is 28.3. The zero-order valence-corrected chi connectivity index (χ0v) is 11.1. The number of hydrogen-bond acceptors (Lipinski definition) is 2. The van der Waals surface area contributed by atoms with Gasteiger partial charge in [0.1, 0.15) is 14.4 Å². The maximum Gasteiger partial charge on any atom is 0.335 e. The summed E-state index contributed by atoms with van der Waals surface area (Å²) in [4.78, 5) is 21.6. The zero-order valence-electron chi connectivity index (χ0n) is 10.1. The van der Waals surface area contributed by atoms with Crippen LogP contribution in [0.4, 0.5) is 0 Å². The van der Waals surface area contributed by atoms with Crippen molar-refractivity contribution in [3.05, 3.63) is 34.9 Å². The zero-order chi connectivity index (χ0) is 13.1. The van der Waals surface area contributed by atoms with Crippen LogP contribution in [0.1, 0.15) is 26.3 Å². The minimum atomic E-state index is -1.51. The normalized spacial score (nSPS) is 10.3. The Morgan fingerprint density at radius 1 is 1.29 bits per heavy atom. The van der Waals surface area contributed by atoms with Crippen molar-refractivity contribution in [2.75, 3.05) is 0 Å². The van der Waals surface area contributed by atoms with Gasteiger partial charge in [0.2, 0.25) is 0 Å². The number of carboxylic acids is 1. The summed E-state index contributed by atoms with van der Waals surface area (Å²) < 4.78 is 0. The molecule has 0 radical (unpaired) electrons. The summed E-state index contributed by atoms with van der Waals surface area (Å²) in [7, 11) is -1.51. The molecule has 0 fully saturated rings. The van der Waals surface area contributed by atoms with Gasteiger partial charge in [-0.05, 0) is 18.2 Å². The molecule has 88 valence electrons. The van der Waals surface area contributed by atoms with Crippen molar-refractivity contribution in [3.8, 4) is 11.5 Å². The van der Waals surface area contributed by atoms with E-state index in [0.29, 0.717) is 17.4 Å². The Morgan fingerprint density at radius 2 is 1.94 bits per heavy atom. The van der Waals surface area contributed by atoms with Gasteiger partial charge in [-0.2, -0.15) is 0 Å². The maximum atomic E-state index is 10.9. The van der Waals surface area contributed by atoms with Crippen LogP contribution in [0, 0.1) is 11.5 Å². The molecular formula is C13H14O3Si. The fraction of sp³-hybridized carbons (Fsp3) is 0.231. The van der Waals surface area contributed by atoms with Crippen molar-refractivity contribution >= 4 is 20.3 Å². The van der Waals surface area contributed by atoms with Crippen molar-refractivity contribution in [1.82, 2.24) is 0 Å². The van der Waals surface area contributed by atoms with Crippen LogP contribution < -0.4 is 0 Å². The van der Waals surface area contributed by atoms with Gasteiger partial charge < -0.3 is 5.11 Å². The minimum Gasteiger partial charge on any atom is -0.478 e. The molecule has 0 unspecified atom stereocenters. The summed E-state index contributed by atoms with van der Waals surface area (Å²) in [6.45, 7) is 6.30. The van der Waals surface area contributed by atoms with Crippen molar-refractivity contribution in [2.45, 2.75) is 19.6 Å². The number of carbonyl (C=O) groups excluding carboxylic acids is 1. The smallest absolute Gasteiger partial charge is 0.335 e. The van der Waals surface area contributed by atoms with Crippen LogP contribution in [-0.4, -0.2) is 25.4 Å². The number of hydrogen-bond donors (Lipinski definition) is 1. The van der Waals surface area contributed by atoms with Crippen LogP contribution in [0.15, 0.2) is 18.2 Å². The Bertz CT molecular complexity index is 516. The van der Waals surface area contributed by atoms with Gasteiger partial charge in [-0.1, -0.05) is 25.6 Å². The van der Waals surface area contributed by atoms with Crippen molar-refractivity contribution < 1.29 is 14.7 Å². The number of benzene rings is 1. The molecule has 0 saturated carbocycles. The van der Waals surface area contributed by atoms with Gasteiger partial charge in [0.25, 0.3) is 0 Å². The fourth-order valence-electron chi connectivity index (χ4n) is 1.18. The summed E-state index contributed by atoms with van der Waals surface area (Å²) in [6, 6.07) is 4.43. The predicted molar refractivity (Wildman–Crippen MR) is 69.0 cm³/mol. The van der Waals surface area contributed by atoms with Crippen molar-refractivity contribution in [2.24, 2.45) is 0 Å². The van der Waals surface area contributed by atoms with Gasteiger partial charge >= 0.3 is 5.97 Å². The Morgan fingerprint density at radius 3 is 2.41 bits per heavy atom.